The minimum absolute atomic E-state index is 0.0404. The summed E-state index contributed by atoms with van der Waals surface area (Å²) in [7, 11) is 0. The largest absolute Gasteiger partial charge is 0.419 e. The average molecular weight is 970 g/mol. The van der Waals surface area contributed by atoms with Gasteiger partial charge in [-0.25, -0.2) is 87.8 Å². The molecule has 0 unspecified atom stereocenters. The van der Waals surface area contributed by atoms with Crippen LogP contribution in [0.25, 0.3) is 0 Å². The number of aromatic nitrogens is 2. The van der Waals surface area contributed by atoms with Crippen LogP contribution in [0, 0.1) is 122 Å². The first-order valence-electron chi connectivity index (χ1n) is 19.6. The number of benzene rings is 4. The van der Waals surface area contributed by atoms with Crippen LogP contribution in [0.1, 0.15) is 25.7 Å². The first kappa shape index (κ1) is 48.6. The zero-order valence-corrected chi connectivity index (χ0v) is 33.3. The second kappa shape index (κ2) is 18.0. The van der Waals surface area contributed by atoms with Gasteiger partial charge >= 0.3 is 12.6 Å². The van der Waals surface area contributed by atoms with Crippen molar-refractivity contribution in [1.29, 1.82) is 0 Å². The van der Waals surface area contributed by atoms with Crippen LogP contribution in [0.4, 0.5) is 87.8 Å². The Balaban J connectivity index is 1.55. The molecule has 0 bridgehead atoms. The third-order valence-corrected chi connectivity index (χ3v) is 12.5. The van der Waals surface area contributed by atoms with E-state index in [0.717, 1.165) is 42.5 Å². The Hall–Kier alpha value is -6.35. The average Bonchev–Trinajstić information content (AvgIpc) is 3.33. The number of hydrogen-bond acceptors (Lipinski definition) is 0. The maximum absolute atomic E-state index is 16.3. The molecule has 1 atom stereocenters. The molecule has 0 saturated heterocycles. The molecule has 352 valence electrons. The van der Waals surface area contributed by atoms with Gasteiger partial charge in [0, 0.05) is 0 Å². The Kier molecular flexibility index (Phi) is 13.1. The first-order valence-corrected chi connectivity index (χ1v) is 19.6. The van der Waals surface area contributed by atoms with E-state index in [1.54, 1.807) is 0 Å². The summed E-state index contributed by atoms with van der Waals surface area (Å²) in [6, 6.07) is 6.06. The maximum atomic E-state index is 16.3. The van der Waals surface area contributed by atoms with E-state index in [9.17, 15) is 17.6 Å². The van der Waals surface area contributed by atoms with Crippen molar-refractivity contribution in [3.63, 3.8) is 0 Å². The van der Waals surface area contributed by atoms with E-state index in [1.807, 2.05) is 0 Å². The second-order valence-electron chi connectivity index (χ2n) is 15.8. The molecule has 0 amide bonds. The highest BCUT2D eigenvalue weighted by Crippen LogP contribution is 2.38. The van der Waals surface area contributed by atoms with Crippen LogP contribution < -0.4 is 30.8 Å². The molecule has 1 aliphatic rings. The van der Waals surface area contributed by atoms with Crippen LogP contribution in [-0.2, 0) is 0 Å². The standard InChI is InChI=1S/C43H24B2F20N2/c46-24-20(25(47)33(55)40(62)32(24)54)44(66-13-5-1-6-14-66,21-26(48)34(56)41(63)35(57)27(21)49)12-11-18-9-3-4-10-19(18)17-45(67-15-7-2-8-16-67,22-28(50)36(58)42(64)37(59)29(22)51)23-30(52)38(60)43(65)39(61)31(23)53/h1-2,5-8,10,13-16,18H,3-4,9,11-12,17H2/t18-/m0/s1. The lowest BCUT2D eigenvalue weighted by Crippen LogP contribution is -2.81. The lowest BCUT2D eigenvalue weighted by atomic mass is 9.23. The zero-order chi connectivity index (χ0) is 49.2. The van der Waals surface area contributed by atoms with Crippen molar-refractivity contribution in [2.75, 3.05) is 0 Å². The molecule has 7 rings (SSSR count). The predicted octanol–water partition coefficient (Wildman–Crippen LogP) is 9.08. The van der Waals surface area contributed by atoms with Crippen LogP contribution in [0.2, 0.25) is 12.6 Å². The topological polar surface area (TPSA) is 7.76 Å². The SMILES string of the molecule is Fc1c(F)c(F)c([B-](CC[C@@H]2CCCC=C2C[B-](c2c(F)c(F)c(F)c(F)c2F)(c2c(F)c(F)c(F)c(F)c2F)[n+]2ccccc2)(c2c(F)c(F)c(F)c(F)c2F)[n+]2ccccc2)c(F)c1F. The molecule has 2 nitrogen and oxygen atoms in total. The Morgan fingerprint density at radius 2 is 0.627 bits per heavy atom. The van der Waals surface area contributed by atoms with Gasteiger partial charge in [-0.3, -0.25) is 0 Å². The number of nitrogens with zero attached hydrogens (tertiary/aromatic N) is 2. The van der Waals surface area contributed by atoms with E-state index >= 15 is 70.2 Å². The fraction of sp³-hybridized carbons (Fsp3) is 0.163. The van der Waals surface area contributed by atoms with Gasteiger partial charge in [0.1, 0.15) is 71.3 Å². The van der Waals surface area contributed by atoms with Crippen molar-refractivity contribution >= 4 is 34.4 Å². The fourth-order valence-electron chi connectivity index (χ4n) is 9.58. The molecule has 0 N–H and O–H groups in total. The summed E-state index contributed by atoms with van der Waals surface area (Å²) in [6.07, 6.45) is -10.4. The van der Waals surface area contributed by atoms with Crippen LogP contribution in [0.3, 0.4) is 0 Å². The monoisotopic (exact) mass is 970 g/mol. The summed E-state index contributed by atoms with van der Waals surface area (Å²) in [4.78, 5) is 0. The van der Waals surface area contributed by atoms with Crippen LogP contribution >= 0.6 is 0 Å². The highest BCUT2D eigenvalue weighted by molar-refractivity contribution is 6.97. The van der Waals surface area contributed by atoms with Gasteiger partial charge in [-0.1, -0.05) is 58.4 Å². The van der Waals surface area contributed by atoms with Crippen LogP contribution in [0.15, 0.2) is 72.8 Å². The Bertz CT molecular complexity index is 2750. The van der Waals surface area contributed by atoms with Gasteiger partial charge in [-0.2, -0.15) is 0 Å². The lowest BCUT2D eigenvalue weighted by Gasteiger charge is -2.41. The van der Waals surface area contributed by atoms with Crippen molar-refractivity contribution in [2.24, 2.45) is 5.92 Å². The molecular weight excluding hydrogens is 946 g/mol. The number of pyridine rings is 2. The fourth-order valence-corrected chi connectivity index (χ4v) is 9.58. The molecule has 4 aromatic carbocycles. The predicted molar refractivity (Wildman–Crippen MR) is 199 cm³/mol. The highest BCUT2D eigenvalue weighted by Gasteiger charge is 2.55. The molecule has 0 spiro atoms. The molecular formula is C43H24B2F20N2. The number of rotatable bonds is 11. The molecule has 0 aliphatic heterocycles. The van der Waals surface area contributed by atoms with E-state index in [4.69, 9.17) is 0 Å². The van der Waals surface area contributed by atoms with E-state index in [0.29, 0.717) is 33.7 Å². The van der Waals surface area contributed by atoms with Crippen molar-refractivity contribution in [3.8, 4) is 0 Å². The van der Waals surface area contributed by atoms with Gasteiger partial charge in [0.2, 0.25) is 0 Å². The molecule has 6 aromatic rings. The van der Waals surface area contributed by atoms with Crippen LogP contribution in [-0.4, -0.2) is 12.6 Å². The minimum Gasteiger partial charge on any atom is -0.419 e. The van der Waals surface area contributed by atoms with Gasteiger partial charge in [0.25, 0.3) is 0 Å². The molecule has 0 fully saturated rings. The summed E-state index contributed by atoms with van der Waals surface area (Å²) in [6.45, 7) is 0. The van der Waals surface area contributed by atoms with Crippen molar-refractivity contribution in [1.82, 2.24) is 0 Å². The van der Waals surface area contributed by atoms with Crippen molar-refractivity contribution in [2.45, 2.75) is 38.3 Å². The van der Waals surface area contributed by atoms with Crippen molar-refractivity contribution < 1.29 is 96.8 Å². The molecule has 0 radical (unpaired) electrons. The normalized spacial score (nSPS) is 14.5. The Morgan fingerprint density at radius 1 is 0.358 bits per heavy atom. The summed E-state index contributed by atoms with van der Waals surface area (Å²) < 4.78 is 311. The second-order valence-corrected chi connectivity index (χ2v) is 15.8. The summed E-state index contributed by atoms with van der Waals surface area (Å²) >= 11 is 0. The van der Waals surface area contributed by atoms with Gasteiger partial charge < -0.3 is 8.96 Å². The van der Waals surface area contributed by atoms with E-state index in [2.05, 4.69) is 0 Å². The van der Waals surface area contributed by atoms with E-state index in [-0.39, 0.29) is 19.3 Å². The Morgan fingerprint density at radius 3 is 0.940 bits per heavy atom. The molecule has 1 aliphatic carbocycles. The lowest BCUT2D eigenvalue weighted by molar-refractivity contribution is -0.543. The van der Waals surface area contributed by atoms with E-state index in [1.165, 1.54) is 0 Å². The number of halogens is 20. The van der Waals surface area contributed by atoms with Gasteiger partial charge in [0.15, 0.2) is 69.8 Å². The molecule has 0 saturated carbocycles. The summed E-state index contributed by atoms with van der Waals surface area (Å²) in [5.74, 6) is -57.5. The highest BCUT2D eigenvalue weighted by atomic mass is 19.2. The van der Waals surface area contributed by atoms with Gasteiger partial charge in [-0.05, 0) is 49.4 Å². The molecule has 2 heterocycles. The van der Waals surface area contributed by atoms with Crippen molar-refractivity contribution in [3.05, 3.63) is 189 Å². The van der Waals surface area contributed by atoms with Gasteiger partial charge in [-0.15, -0.1) is 6.32 Å². The molecule has 2 aromatic heterocycles. The third-order valence-electron chi connectivity index (χ3n) is 12.5. The van der Waals surface area contributed by atoms with E-state index < -0.39 is 181 Å². The number of hydrogen-bond donors (Lipinski definition) is 0. The van der Waals surface area contributed by atoms with Gasteiger partial charge in [0.05, 0.1) is 0 Å². The summed E-state index contributed by atoms with van der Waals surface area (Å²) in [5, 5.41) is 0. The Labute approximate surface area is 364 Å². The first-order chi connectivity index (χ1) is 31.6. The minimum atomic E-state index is -4.88. The maximum Gasteiger partial charge on any atom is 0.347 e. The smallest absolute Gasteiger partial charge is 0.347 e. The quantitative estimate of drug-likeness (QED) is 0.0403. The van der Waals surface area contributed by atoms with Crippen LogP contribution in [0.5, 0.6) is 0 Å². The molecule has 67 heavy (non-hydrogen) atoms. The third kappa shape index (κ3) is 7.40. The molecule has 24 heteroatoms. The summed E-state index contributed by atoms with van der Waals surface area (Å²) in [5.41, 5.74) is -9.06. The zero-order valence-electron chi connectivity index (χ0n) is 33.3. The number of allylic oxidation sites excluding steroid dienone is 2.